The van der Waals surface area contributed by atoms with Crippen LogP contribution in [0.15, 0.2) is 65.9 Å². The van der Waals surface area contributed by atoms with Gasteiger partial charge in [0.25, 0.3) is 0 Å². The van der Waals surface area contributed by atoms with Crippen LogP contribution in [0.3, 0.4) is 0 Å². The first-order valence-corrected chi connectivity index (χ1v) is 8.31. The van der Waals surface area contributed by atoms with Gasteiger partial charge in [0.05, 0.1) is 0 Å². The van der Waals surface area contributed by atoms with Crippen LogP contribution in [0.4, 0.5) is 0 Å². The summed E-state index contributed by atoms with van der Waals surface area (Å²) >= 11 is 0. The van der Waals surface area contributed by atoms with Crippen LogP contribution >= 0.6 is 0 Å². The van der Waals surface area contributed by atoms with Gasteiger partial charge in [-0.1, -0.05) is 55.4 Å². The predicted molar refractivity (Wildman–Crippen MR) is 99.1 cm³/mol. The molecule has 1 nitrogen and oxygen atoms in total. The summed E-state index contributed by atoms with van der Waals surface area (Å²) in [5.41, 5.74) is 7.05. The Morgan fingerprint density at radius 2 is 1.33 bits per heavy atom. The molecule has 0 fully saturated rings. The van der Waals surface area contributed by atoms with Crippen LogP contribution in [-0.4, -0.2) is 15.8 Å². The number of allylic oxidation sites excluding steroid dienone is 1. The van der Waals surface area contributed by atoms with Crippen LogP contribution < -0.4 is 24.8 Å². The normalized spacial score (nSPS) is 10.9. The fourth-order valence-electron chi connectivity index (χ4n) is 2.63. The molecular formula is C19H23Cl2NSiZr. The molecule has 0 unspecified atom stereocenters. The van der Waals surface area contributed by atoms with Gasteiger partial charge in [0.15, 0.2) is 0 Å². The van der Waals surface area contributed by atoms with Gasteiger partial charge in [-0.05, 0) is 6.92 Å². The van der Waals surface area contributed by atoms with Crippen molar-refractivity contribution in [1.29, 1.82) is 0 Å². The minimum atomic E-state index is -0.355. The van der Waals surface area contributed by atoms with Gasteiger partial charge in [-0.2, -0.15) is 0 Å². The van der Waals surface area contributed by atoms with Gasteiger partial charge < -0.3 is 30.5 Å². The predicted octanol–water partition coefficient (Wildman–Crippen LogP) is -1.20. The SMILES string of the molecule is CC([SiH3])=CC(C)(C)[NH-].[Cl-].[Cl-].[Zr+4].c1ccc2c(c1)[cH-]c1ccccc12. The summed E-state index contributed by atoms with van der Waals surface area (Å²) in [6.45, 7) is 5.87. The summed E-state index contributed by atoms with van der Waals surface area (Å²) in [6, 6.07) is 19.3. The van der Waals surface area contributed by atoms with E-state index < -0.39 is 0 Å². The summed E-state index contributed by atoms with van der Waals surface area (Å²) in [5.74, 6) is 0. The quantitative estimate of drug-likeness (QED) is 0.325. The Hall–Kier alpha value is -0.310. The standard InChI is InChI=1S/C13H9.C6H14NSi.2ClH.Zr/c1-3-7-12-10(5-1)9-11-6-2-4-8-13(11)12;1-5(8)4-6(2,3)7;;;/h1-9H;4,7H,1-3,8H3;2*1H;/q2*-1;;;+4/p-2. The van der Waals surface area contributed by atoms with E-state index in [-0.39, 0.29) is 56.6 Å². The average molecular weight is 456 g/mol. The monoisotopic (exact) mass is 453 g/mol. The van der Waals surface area contributed by atoms with Gasteiger partial charge in [0.1, 0.15) is 0 Å². The number of benzene rings is 2. The Balaban J connectivity index is 0. The summed E-state index contributed by atoms with van der Waals surface area (Å²) in [7, 11) is 1.09. The van der Waals surface area contributed by atoms with Gasteiger partial charge in [-0.25, -0.2) is 0 Å². The molecule has 1 N–H and O–H groups in total. The smallest absolute Gasteiger partial charge is 1.00 e. The molecular weight excluding hydrogens is 432 g/mol. The maximum absolute atomic E-state index is 7.41. The van der Waals surface area contributed by atoms with E-state index in [0.29, 0.717) is 0 Å². The number of hydrogen-bond donors (Lipinski definition) is 0. The Labute approximate surface area is 179 Å². The summed E-state index contributed by atoms with van der Waals surface area (Å²) < 4.78 is 0. The molecule has 0 bridgehead atoms. The van der Waals surface area contributed by atoms with Crippen molar-refractivity contribution in [2.45, 2.75) is 26.3 Å². The number of fused-ring (bicyclic) bond motifs is 3. The molecule has 0 spiro atoms. The number of hydrogen-bond acceptors (Lipinski definition) is 0. The zero-order valence-electron chi connectivity index (χ0n) is 14.5. The first-order valence-electron chi connectivity index (χ1n) is 7.31. The van der Waals surface area contributed by atoms with Crippen LogP contribution in [-0.2, 0) is 26.2 Å². The zero-order valence-corrected chi connectivity index (χ0v) is 20.5. The molecule has 0 aromatic heterocycles. The molecule has 0 aliphatic rings. The molecule has 5 heteroatoms. The van der Waals surface area contributed by atoms with Crippen LogP contribution in [0.2, 0.25) is 0 Å². The van der Waals surface area contributed by atoms with E-state index in [4.69, 9.17) is 5.73 Å². The van der Waals surface area contributed by atoms with Crippen molar-refractivity contribution in [3.63, 3.8) is 0 Å². The van der Waals surface area contributed by atoms with Crippen LogP contribution in [0, 0.1) is 0 Å². The largest absolute Gasteiger partial charge is 4.00 e. The maximum Gasteiger partial charge on any atom is 4.00 e. The Morgan fingerprint density at radius 3 is 1.62 bits per heavy atom. The van der Waals surface area contributed by atoms with E-state index in [9.17, 15) is 0 Å². The van der Waals surface area contributed by atoms with Crippen molar-refractivity contribution in [2.75, 3.05) is 0 Å². The minimum absolute atomic E-state index is 0. The molecule has 3 aromatic rings. The van der Waals surface area contributed by atoms with E-state index in [1.165, 1.54) is 26.7 Å². The maximum atomic E-state index is 7.41. The zero-order chi connectivity index (χ0) is 15.5. The van der Waals surface area contributed by atoms with Gasteiger partial charge in [-0.15, -0.1) is 51.4 Å². The third kappa shape index (κ3) is 7.72. The van der Waals surface area contributed by atoms with Crippen molar-refractivity contribution >= 4 is 31.8 Å². The van der Waals surface area contributed by atoms with E-state index >= 15 is 0 Å². The Bertz CT molecular complexity index is 721. The molecule has 0 atom stereocenters. The Morgan fingerprint density at radius 1 is 0.958 bits per heavy atom. The third-order valence-electron chi connectivity index (χ3n) is 3.17. The fraction of sp³-hybridized carbons (Fsp3) is 0.211. The van der Waals surface area contributed by atoms with Crippen molar-refractivity contribution < 1.29 is 51.0 Å². The van der Waals surface area contributed by atoms with Gasteiger partial charge in [-0.3, -0.25) is 0 Å². The fourth-order valence-corrected chi connectivity index (χ4v) is 3.35. The topological polar surface area (TPSA) is 23.8 Å². The molecule has 24 heavy (non-hydrogen) atoms. The second kappa shape index (κ2) is 11.3. The van der Waals surface area contributed by atoms with E-state index in [0.717, 1.165) is 10.2 Å². The van der Waals surface area contributed by atoms with Crippen molar-refractivity contribution in [3.05, 3.63) is 71.6 Å². The summed E-state index contributed by atoms with van der Waals surface area (Å²) in [5, 5.41) is 6.74. The van der Waals surface area contributed by atoms with E-state index in [1.807, 2.05) is 19.9 Å². The van der Waals surface area contributed by atoms with E-state index in [2.05, 4.69) is 61.5 Å². The van der Waals surface area contributed by atoms with Crippen molar-refractivity contribution in [3.8, 4) is 0 Å². The molecule has 3 aromatic carbocycles. The molecule has 0 saturated heterocycles. The van der Waals surface area contributed by atoms with Crippen LogP contribution in [0.25, 0.3) is 27.3 Å². The molecule has 0 radical (unpaired) electrons. The first kappa shape index (κ1) is 25.9. The molecule has 0 amide bonds. The van der Waals surface area contributed by atoms with E-state index in [1.54, 1.807) is 0 Å². The van der Waals surface area contributed by atoms with Crippen molar-refractivity contribution in [2.24, 2.45) is 0 Å². The molecule has 0 aliphatic heterocycles. The van der Waals surface area contributed by atoms with Gasteiger partial charge in [0, 0.05) is 10.2 Å². The third-order valence-corrected chi connectivity index (χ3v) is 3.46. The van der Waals surface area contributed by atoms with Gasteiger partial charge >= 0.3 is 26.2 Å². The number of rotatable bonds is 1. The molecule has 3 rings (SSSR count). The molecule has 0 heterocycles. The van der Waals surface area contributed by atoms with Gasteiger partial charge in [0.2, 0.25) is 0 Å². The second-order valence-corrected chi connectivity index (χ2v) is 7.84. The average Bonchev–Trinajstić information content (AvgIpc) is 2.75. The second-order valence-electron chi connectivity index (χ2n) is 6.26. The minimum Gasteiger partial charge on any atom is -1.00 e. The summed E-state index contributed by atoms with van der Waals surface area (Å²) in [6.07, 6.45) is 2.00. The molecule has 126 valence electrons. The van der Waals surface area contributed by atoms with Crippen LogP contribution in [0.1, 0.15) is 20.8 Å². The van der Waals surface area contributed by atoms with Crippen molar-refractivity contribution in [1.82, 2.24) is 0 Å². The Kier molecular flexibility index (Phi) is 12.2. The molecule has 0 saturated carbocycles. The van der Waals surface area contributed by atoms with Crippen LogP contribution in [0.5, 0.6) is 0 Å². The molecule has 0 aliphatic carbocycles. The first-order chi connectivity index (χ1) is 9.87. The summed E-state index contributed by atoms with van der Waals surface area (Å²) in [4.78, 5) is 0. The number of nitrogens with one attached hydrogen (secondary N) is 1. The number of halogens is 2.